The zero-order valence-electron chi connectivity index (χ0n) is 11.2. The fourth-order valence-corrected chi connectivity index (χ4v) is 2.70. The molecule has 4 heteroatoms. The van der Waals surface area contributed by atoms with Gasteiger partial charge >= 0.3 is 0 Å². The molecule has 0 aliphatic carbocycles. The highest BCUT2D eigenvalue weighted by molar-refractivity contribution is 4.69. The van der Waals surface area contributed by atoms with Gasteiger partial charge in [0.05, 0.1) is 6.67 Å². The van der Waals surface area contributed by atoms with E-state index in [-0.39, 0.29) is 0 Å². The summed E-state index contributed by atoms with van der Waals surface area (Å²) in [6.07, 6.45) is 3.87. The molecule has 2 aliphatic rings. The summed E-state index contributed by atoms with van der Waals surface area (Å²) in [6, 6.07) is 0. The van der Waals surface area contributed by atoms with Crippen molar-refractivity contribution in [1.29, 1.82) is 0 Å². The third-order valence-corrected chi connectivity index (χ3v) is 3.91. The molecule has 2 aliphatic heterocycles. The van der Waals surface area contributed by atoms with Gasteiger partial charge in [0.15, 0.2) is 0 Å². The van der Waals surface area contributed by atoms with Gasteiger partial charge in [-0.15, -0.1) is 0 Å². The van der Waals surface area contributed by atoms with Gasteiger partial charge in [-0.1, -0.05) is 0 Å². The number of hydrogen-bond acceptors (Lipinski definition) is 4. The second-order valence-electron chi connectivity index (χ2n) is 5.43. The molecule has 0 atom stereocenters. The molecule has 1 N–H and O–H groups in total. The van der Waals surface area contributed by atoms with Crippen molar-refractivity contribution in [2.45, 2.75) is 19.3 Å². The van der Waals surface area contributed by atoms with Gasteiger partial charge in [0.25, 0.3) is 0 Å². The van der Waals surface area contributed by atoms with E-state index in [0.717, 1.165) is 38.9 Å². The number of ether oxygens (including phenoxy) is 1. The molecule has 0 spiro atoms. The first kappa shape index (κ1) is 13.3. The molecular formula is C13H27N3O. The van der Waals surface area contributed by atoms with Crippen LogP contribution in [0.4, 0.5) is 0 Å². The van der Waals surface area contributed by atoms with Crippen LogP contribution in [0, 0.1) is 5.92 Å². The van der Waals surface area contributed by atoms with Gasteiger partial charge in [-0.25, -0.2) is 0 Å². The highest BCUT2D eigenvalue weighted by Crippen LogP contribution is 2.18. The number of nitrogens with one attached hydrogen (secondary N) is 1. The van der Waals surface area contributed by atoms with E-state index in [0.29, 0.717) is 0 Å². The number of rotatable bonds is 5. The van der Waals surface area contributed by atoms with Gasteiger partial charge in [0, 0.05) is 39.4 Å². The minimum absolute atomic E-state index is 0.897. The SMILES string of the molecule is CN(CCC1CCOCC1)CN1CCNCC1. The van der Waals surface area contributed by atoms with E-state index in [1.54, 1.807) is 0 Å². The predicted octanol–water partition coefficient (Wildman–Crippen LogP) is 0.598. The standard InChI is InChI=1S/C13H27N3O/c1-15(12-16-8-5-14-6-9-16)7-2-13-3-10-17-11-4-13/h13-14H,2-12H2,1H3. The van der Waals surface area contributed by atoms with Crippen molar-refractivity contribution in [3.63, 3.8) is 0 Å². The lowest BCUT2D eigenvalue weighted by Gasteiger charge is -2.32. The molecule has 2 fully saturated rings. The molecule has 0 aromatic rings. The third kappa shape index (κ3) is 4.92. The zero-order chi connectivity index (χ0) is 11.9. The van der Waals surface area contributed by atoms with Crippen LogP contribution in [0.15, 0.2) is 0 Å². The normalized spacial score (nSPS) is 24.4. The smallest absolute Gasteiger partial charge is 0.0504 e. The monoisotopic (exact) mass is 241 g/mol. The number of hydrogen-bond donors (Lipinski definition) is 1. The first-order chi connectivity index (χ1) is 8.34. The summed E-state index contributed by atoms with van der Waals surface area (Å²) in [5.74, 6) is 0.897. The predicted molar refractivity (Wildman–Crippen MR) is 70.1 cm³/mol. The molecule has 4 nitrogen and oxygen atoms in total. The molecule has 0 unspecified atom stereocenters. The van der Waals surface area contributed by atoms with Gasteiger partial charge in [-0.3, -0.25) is 9.80 Å². The van der Waals surface area contributed by atoms with Crippen LogP contribution in [-0.2, 0) is 4.74 Å². The van der Waals surface area contributed by atoms with E-state index in [1.807, 2.05) is 0 Å². The Kier molecular flexibility index (Phi) is 5.71. The average Bonchev–Trinajstić information content (AvgIpc) is 2.39. The zero-order valence-corrected chi connectivity index (χ0v) is 11.2. The highest BCUT2D eigenvalue weighted by Gasteiger charge is 2.15. The van der Waals surface area contributed by atoms with Crippen LogP contribution in [-0.4, -0.2) is 69.5 Å². The summed E-state index contributed by atoms with van der Waals surface area (Å²) in [5.41, 5.74) is 0. The Morgan fingerprint density at radius 3 is 2.65 bits per heavy atom. The summed E-state index contributed by atoms with van der Waals surface area (Å²) < 4.78 is 5.40. The summed E-state index contributed by atoms with van der Waals surface area (Å²) >= 11 is 0. The fraction of sp³-hybridized carbons (Fsp3) is 1.00. The van der Waals surface area contributed by atoms with Crippen LogP contribution in [0.3, 0.4) is 0 Å². The van der Waals surface area contributed by atoms with Crippen LogP contribution >= 0.6 is 0 Å². The van der Waals surface area contributed by atoms with Crippen LogP contribution in [0.5, 0.6) is 0 Å². The molecule has 0 radical (unpaired) electrons. The van der Waals surface area contributed by atoms with Crippen molar-refractivity contribution in [2.24, 2.45) is 5.92 Å². The van der Waals surface area contributed by atoms with E-state index in [2.05, 4.69) is 22.2 Å². The van der Waals surface area contributed by atoms with Crippen molar-refractivity contribution in [2.75, 3.05) is 59.7 Å². The molecule has 0 bridgehead atoms. The summed E-state index contributed by atoms with van der Waals surface area (Å²) in [5, 5.41) is 3.40. The molecule has 0 aromatic heterocycles. The minimum Gasteiger partial charge on any atom is -0.381 e. The summed E-state index contributed by atoms with van der Waals surface area (Å²) in [6.45, 7) is 9.00. The van der Waals surface area contributed by atoms with Crippen molar-refractivity contribution in [3.8, 4) is 0 Å². The van der Waals surface area contributed by atoms with Crippen LogP contribution in [0.1, 0.15) is 19.3 Å². The second-order valence-corrected chi connectivity index (χ2v) is 5.43. The molecule has 17 heavy (non-hydrogen) atoms. The quantitative estimate of drug-likeness (QED) is 0.763. The Balaban J connectivity index is 1.57. The van der Waals surface area contributed by atoms with Crippen LogP contribution in [0.25, 0.3) is 0 Å². The van der Waals surface area contributed by atoms with Crippen molar-refractivity contribution in [3.05, 3.63) is 0 Å². The Bertz CT molecular complexity index is 201. The van der Waals surface area contributed by atoms with Gasteiger partial charge in [-0.2, -0.15) is 0 Å². The molecule has 2 rings (SSSR count). The first-order valence-electron chi connectivity index (χ1n) is 7.04. The van der Waals surface area contributed by atoms with Crippen LogP contribution < -0.4 is 5.32 Å². The maximum Gasteiger partial charge on any atom is 0.0504 e. The maximum atomic E-state index is 5.40. The minimum atomic E-state index is 0.897. The molecule has 0 amide bonds. The summed E-state index contributed by atoms with van der Waals surface area (Å²) in [4.78, 5) is 5.02. The second kappa shape index (κ2) is 7.31. The van der Waals surface area contributed by atoms with E-state index < -0.39 is 0 Å². The Morgan fingerprint density at radius 2 is 1.94 bits per heavy atom. The topological polar surface area (TPSA) is 27.7 Å². The number of piperazine rings is 1. The van der Waals surface area contributed by atoms with Gasteiger partial charge in [0.1, 0.15) is 0 Å². The average molecular weight is 241 g/mol. The van der Waals surface area contributed by atoms with Crippen molar-refractivity contribution >= 4 is 0 Å². The molecule has 0 aromatic carbocycles. The Hall–Kier alpha value is -0.160. The van der Waals surface area contributed by atoms with Crippen LogP contribution in [0.2, 0.25) is 0 Å². The lowest BCUT2D eigenvalue weighted by molar-refractivity contribution is 0.0575. The highest BCUT2D eigenvalue weighted by atomic mass is 16.5. The van der Waals surface area contributed by atoms with Gasteiger partial charge in [-0.05, 0) is 38.8 Å². The Morgan fingerprint density at radius 1 is 1.24 bits per heavy atom. The van der Waals surface area contributed by atoms with E-state index in [9.17, 15) is 0 Å². The lowest BCUT2D eigenvalue weighted by Crippen LogP contribution is -2.47. The van der Waals surface area contributed by atoms with E-state index in [1.165, 1.54) is 38.9 Å². The maximum absolute atomic E-state index is 5.40. The van der Waals surface area contributed by atoms with E-state index in [4.69, 9.17) is 4.74 Å². The molecule has 2 heterocycles. The molecule has 100 valence electrons. The lowest BCUT2D eigenvalue weighted by atomic mass is 9.96. The largest absolute Gasteiger partial charge is 0.381 e. The van der Waals surface area contributed by atoms with Gasteiger partial charge in [0.2, 0.25) is 0 Å². The Labute approximate surface area is 105 Å². The third-order valence-electron chi connectivity index (χ3n) is 3.91. The van der Waals surface area contributed by atoms with E-state index >= 15 is 0 Å². The molecular weight excluding hydrogens is 214 g/mol. The molecule has 0 saturated carbocycles. The number of nitrogens with zero attached hydrogens (tertiary/aromatic N) is 2. The van der Waals surface area contributed by atoms with Gasteiger partial charge < -0.3 is 10.1 Å². The first-order valence-corrected chi connectivity index (χ1v) is 7.04. The summed E-state index contributed by atoms with van der Waals surface area (Å²) in [7, 11) is 2.25. The van der Waals surface area contributed by atoms with Crippen molar-refractivity contribution in [1.82, 2.24) is 15.1 Å². The van der Waals surface area contributed by atoms with Crippen molar-refractivity contribution < 1.29 is 4.74 Å². The fourth-order valence-electron chi connectivity index (χ4n) is 2.70. The molecule has 2 saturated heterocycles.